The van der Waals surface area contributed by atoms with E-state index >= 15 is 0 Å². The lowest BCUT2D eigenvalue weighted by Gasteiger charge is -2.30. The molecule has 148 valence electrons. The van der Waals surface area contributed by atoms with Gasteiger partial charge in [0, 0.05) is 0 Å². The van der Waals surface area contributed by atoms with Crippen LogP contribution in [0.4, 0.5) is 17.3 Å². The molecule has 0 heterocycles. The standard InChI is InChI=1S/C21H22NP.BF4/c1-17(22)21(18-11-5-2-6-12-18)23(19-13-7-3-8-14-19)20-15-9-4-10-16-20;2-1(3,4)5/h2-17,21H,22H2,1H3;/q;-1/p+1/t17-,21+;/m0./s1. The van der Waals surface area contributed by atoms with Crippen LogP contribution >= 0.6 is 7.92 Å². The van der Waals surface area contributed by atoms with Gasteiger partial charge in [-0.1, -0.05) is 91.0 Å². The lowest BCUT2D eigenvalue weighted by Crippen LogP contribution is -2.62. The summed E-state index contributed by atoms with van der Waals surface area (Å²) < 4.78 is 39.0. The van der Waals surface area contributed by atoms with Crippen molar-refractivity contribution >= 4 is 25.8 Å². The lowest BCUT2D eigenvalue weighted by molar-refractivity contribution is -0.414. The van der Waals surface area contributed by atoms with E-state index in [-0.39, 0.29) is 0 Å². The molecule has 0 spiro atoms. The van der Waals surface area contributed by atoms with Gasteiger partial charge in [-0.3, -0.25) is 0 Å². The number of benzene rings is 3. The van der Waals surface area contributed by atoms with Crippen LogP contribution < -0.4 is 16.3 Å². The molecule has 0 fully saturated rings. The summed E-state index contributed by atoms with van der Waals surface area (Å²) in [6.45, 7) is 2.24. The maximum absolute atomic E-state index is 9.75. The first-order chi connectivity index (χ1) is 13.3. The minimum absolute atomic E-state index is 0.337. The zero-order chi connectivity index (χ0) is 20.6. The Bertz CT molecular complexity index is 769. The van der Waals surface area contributed by atoms with Crippen molar-refractivity contribution in [3.8, 4) is 0 Å². The molecule has 0 amide bonds. The molecule has 0 radical (unpaired) electrons. The Morgan fingerprint density at radius 3 is 1.32 bits per heavy atom. The van der Waals surface area contributed by atoms with Crippen LogP contribution in [0.2, 0.25) is 0 Å². The smallest absolute Gasteiger partial charge is 0.418 e. The van der Waals surface area contributed by atoms with Crippen LogP contribution in [0.5, 0.6) is 0 Å². The average molecular weight is 407 g/mol. The fraction of sp³-hybridized carbons (Fsp3) is 0.143. The van der Waals surface area contributed by atoms with Crippen LogP contribution in [0.3, 0.4) is 0 Å². The van der Waals surface area contributed by atoms with E-state index in [9.17, 15) is 17.3 Å². The fourth-order valence-electron chi connectivity index (χ4n) is 3.03. The molecule has 3 N–H and O–H groups in total. The molecule has 0 aromatic heterocycles. The molecular weight excluding hydrogens is 384 g/mol. The molecular formula is C21H23BF4NP. The van der Waals surface area contributed by atoms with Crippen molar-refractivity contribution in [2.75, 3.05) is 0 Å². The SMILES string of the molecule is C[C@H]([NH3+])[C@H](c1ccccc1)P(c1ccccc1)c1ccccc1.F[B-](F)(F)F. The summed E-state index contributed by atoms with van der Waals surface area (Å²) in [6, 6.07) is 33.0. The zero-order valence-corrected chi connectivity index (χ0v) is 16.5. The Kier molecular flexibility index (Phi) is 8.22. The van der Waals surface area contributed by atoms with Crippen LogP contribution in [0.25, 0.3) is 0 Å². The summed E-state index contributed by atoms with van der Waals surface area (Å²) in [6.07, 6.45) is 0. The van der Waals surface area contributed by atoms with Crippen molar-refractivity contribution in [2.24, 2.45) is 0 Å². The number of halogens is 4. The van der Waals surface area contributed by atoms with Crippen LogP contribution in [-0.2, 0) is 0 Å². The van der Waals surface area contributed by atoms with E-state index in [0.717, 1.165) is 0 Å². The minimum atomic E-state index is -6.00. The van der Waals surface area contributed by atoms with Gasteiger partial charge in [0.2, 0.25) is 0 Å². The van der Waals surface area contributed by atoms with Gasteiger partial charge in [-0.2, -0.15) is 0 Å². The van der Waals surface area contributed by atoms with E-state index in [2.05, 4.69) is 104 Å². The molecule has 0 bridgehead atoms. The Labute approximate surface area is 164 Å². The van der Waals surface area contributed by atoms with Gasteiger partial charge < -0.3 is 23.0 Å². The predicted octanol–water partition coefficient (Wildman–Crippen LogP) is 4.79. The summed E-state index contributed by atoms with van der Waals surface area (Å²) >= 11 is 0. The second-order valence-corrected chi connectivity index (χ2v) is 8.70. The predicted molar refractivity (Wildman–Crippen MR) is 111 cm³/mol. The normalized spacial score (nSPS) is 13.4. The third-order valence-electron chi connectivity index (χ3n) is 4.03. The van der Waals surface area contributed by atoms with E-state index in [4.69, 9.17) is 0 Å². The van der Waals surface area contributed by atoms with Crippen molar-refractivity contribution in [3.63, 3.8) is 0 Å². The van der Waals surface area contributed by atoms with Crippen molar-refractivity contribution in [2.45, 2.75) is 18.6 Å². The molecule has 28 heavy (non-hydrogen) atoms. The Morgan fingerprint density at radius 1 is 0.679 bits per heavy atom. The second-order valence-electron chi connectivity index (χ2n) is 6.37. The maximum atomic E-state index is 9.75. The molecule has 0 aliphatic heterocycles. The Morgan fingerprint density at radius 2 is 1.00 bits per heavy atom. The summed E-state index contributed by atoms with van der Waals surface area (Å²) in [7, 11) is -6.49. The molecule has 3 aromatic carbocycles. The largest absolute Gasteiger partial charge is 0.673 e. The van der Waals surface area contributed by atoms with Crippen LogP contribution in [0.15, 0.2) is 91.0 Å². The highest BCUT2D eigenvalue weighted by molar-refractivity contribution is 7.73. The van der Waals surface area contributed by atoms with Crippen LogP contribution in [0, 0.1) is 0 Å². The third kappa shape index (κ3) is 7.10. The van der Waals surface area contributed by atoms with Gasteiger partial charge in [-0.25, -0.2) is 0 Å². The summed E-state index contributed by atoms with van der Waals surface area (Å²) in [5.41, 5.74) is 6.20. The average Bonchev–Trinajstić information content (AvgIpc) is 2.66. The van der Waals surface area contributed by atoms with E-state index in [1.165, 1.54) is 16.2 Å². The molecule has 7 heteroatoms. The van der Waals surface area contributed by atoms with Crippen LogP contribution in [-0.4, -0.2) is 13.3 Å². The second kappa shape index (κ2) is 10.4. The van der Waals surface area contributed by atoms with Gasteiger partial charge >= 0.3 is 7.25 Å². The van der Waals surface area contributed by atoms with Crippen molar-refractivity contribution in [3.05, 3.63) is 96.6 Å². The molecule has 0 aliphatic rings. The Hall–Kier alpha value is -2.17. The van der Waals surface area contributed by atoms with E-state index in [1.54, 1.807) is 0 Å². The minimum Gasteiger partial charge on any atom is -0.418 e. The highest BCUT2D eigenvalue weighted by atomic mass is 31.1. The van der Waals surface area contributed by atoms with Gasteiger partial charge in [0.15, 0.2) is 0 Å². The molecule has 0 aliphatic carbocycles. The van der Waals surface area contributed by atoms with E-state index in [0.29, 0.717) is 11.7 Å². The quantitative estimate of drug-likeness (QED) is 0.358. The lowest BCUT2D eigenvalue weighted by atomic mass is 10.1. The van der Waals surface area contributed by atoms with Gasteiger partial charge in [0.05, 0.1) is 11.7 Å². The molecule has 3 rings (SSSR count). The van der Waals surface area contributed by atoms with Crippen molar-refractivity contribution in [1.29, 1.82) is 0 Å². The highest BCUT2D eigenvalue weighted by Gasteiger charge is 2.30. The first-order valence-electron chi connectivity index (χ1n) is 8.92. The van der Waals surface area contributed by atoms with Crippen molar-refractivity contribution < 1.29 is 23.0 Å². The summed E-state index contributed by atoms with van der Waals surface area (Å²) in [5, 5.41) is 2.83. The fourth-order valence-corrected chi connectivity index (χ4v) is 5.94. The van der Waals surface area contributed by atoms with Gasteiger partial charge in [0.1, 0.15) is 0 Å². The first kappa shape index (κ1) is 22.1. The monoisotopic (exact) mass is 407 g/mol. The molecule has 0 saturated heterocycles. The number of quaternary nitrogens is 1. The molecule has 1 nitrogen and oxygen atoms in total. The highest BCUT2D eigenvalue weighted by Crippen LogP contribution is 2.50. The zero-order valence-electron chi connectivity index (χ0n) is 15.6. The summed E-state index contributed by atoms with van der Waals surface area (Å²) in [4.78, 5) is 0. The number of hydrogen-bond donors (Lipinski definition) is 1. The van der Waals surface area contributed by atoms with Gasteiger partial charge in [0.25, 0.3) is 0 Å². The topological polar surface area (TPSA) is 27.6 Å². The molecule has 0 unspecified atom stereocenters. The Balaban J connectivity index is 0.000000500. The molecule has 3 aromatic rings. The van der Waals surface area contributed by atoms with Crippen molar-refractivity contribution in [1.82, 2.24) is 0 Å². The number of rotatable bonds is 5. The maximum Gasteiger partial charge on any atom is 0.673 e. The van der Waals surface area contributed by atoms with E-state index < -0.39 is 15.2 Å². The van der Waals surface area contributed by atoms with E-state index in [1.807, 2.05) is 0 Å². The number of hydrogen-bond acceptors (Lipinski definition) is 0. The third-order valence-corrected chi connectivity index (χ3v) is 7.10. The molecule has 2 atom stereocenters. The van der Waals surface area contributed by atoms with Gasteiger partial charge in [-0.05, 0) is 31.0 Å². The first-order valence-corrected chi connectivity index (χ1v) is 10.3. The van der Waals surface area contributed by atoms with Gasteiger partial charge in [-0.15, -0.1) is 0 Å². The summed E-state index contributed by atoms with van der Waals surface area (Å²) in [5.74, 6) is 0. The molecule has 0 saturated carbocycles. The van der Waals surface area contributed by atoms with Crippen LogP contribution in [0.1, 0.15) is 18.1 Å².